The van der Waals surface area contributed by atoms with Crippen LogP contribution in [0.25, 0.3) is 0 Å². The fraction of sp³-hybridized carbons (Fsp3) is 0.778. The highest BCUT2D eigenvalue weighted by atomic mass is 16.7. The molecule has 0 saturated carbocycles. The SMILES string of the molecule is C=CCO[C@H]1O[C@@H](C)[C@H](O)[C@@H](O)[C@H]1O. The van der Waals surface area contributed by atoms with Gasteiger partial charge in [-0.25, -0.2) is 0 Å². The van der Waals surface area contributed by atoms with Gasteiger partial charge in [0.15, 0.2) is 6.29 Å². The predicted molar refractivity (Wildman–Crippen MR) is 48.5 cm³/mol. The number of ether oxygens (including phenoxy) is 2. The number of hydrogen-bond donors (Lipinski definition) is 3. The molecule has 82 valence electrons. The molecule has 0 aromatic carbocycles. The first-order valence-corrected chi connectivity index (χ1v) is 4.50. The molecule has 3 N–H and O–H groups in total. The third-order valence-electron chi connectivity index (χ3n) is 2.19. The molecule has 0 spiro atoms. The second kappa shape index (κ2) is 4.86. The van der Waals surface area contributed by atoms with Crippen molar-refractivity contribution in [2.24, 2.45) is 0 Å². The topological polar surface area (TPSA) is 79.2 Å². The van der Waals surface area contributed by atoms with Crippen LogP contribution in [0.5, 0.6) is 0 Å². The van der Waals surface area contributed by atoms with E-state index in [9.17, 15) is 15.3 Å². The largest absolute Gasteiger partial charge is 0.388 e. The highest BCUT2D eigenvalue weighted by Gasteiger charge is 2.42. The molecule has 5 nitrogen and oxygen atoms in total. The van der Waals surface area contributed by atoms with Crippen LogP contribution in [0.4, 0.5) is 0 Å². The van der Waals surface area contributed by atoms with Crippen molar-refractivity contribution in [3.63, 3.8) is 0 Å². The summed E-state index contributed by atoms with van der Waals surface area (Å²) in [5.41, 5.74) is 0. The lowest BCUT2D eigenvalue weighted by Gasteiger charge is -2.38. The average molecular weight is 204 g/mol. The van der Waals surface area contributed by atoms with E-state index in [0.717, 1.165) is 0 Å². The maximum atomic E-state index is 9.46. The molecule has 1 saturated heterocycles. The molecule has 0 aromatic rings. The smallest absolute Gasteiger partial charge is 0.186 e. The van der Waals surface area contributed by atoms with Crippen molar-refractivity contribution in [1.29, 1.82) is 0 Å². The summed E-state index contributed by atoms with van der Waals surface area (Å²) in [6.07, 6.45) is -3.54. The summed E-state index contributed by atoms with van der Waals surface area (Å²) in [5.74, 6) is 0. The van der Waals surface area contributed by atoms with Crippen molar-refractivity contribution in [2.75, 3.05) is 6.61 Å². The molecule has 0 radical (unpaired) electrons. The van der Waals surface area contributed by atoms with E-state index >= 15 is 0 Å². The van der Waals surface area contributed by atoms with E-state index in [0.29, 0.717) is 0 Å². The Morgan fingerprint density at radius 3 is 2.50 bits per heavy atom. The molecule has 1 fully saturated rings. The minimum Gasteiger partial charge on any atom is -0.388 e. The van der Waals surface area contributed by atoms with Crippen molar-refractivity contribution in [3.8, 4) is 0 Å². The Hall–Kier alpha value is -0.460. The van der Waals surface area contributed by atoms with E-state index < -0.39 is 30.7 Å². The van der Waals surface area contributed by atoms with Crippen LogP contribution in [0.15, 0.2) is 12.7 Å². The summed E-state index contributed by atoms with van der Waals surface area (Å²) >= 11 is 0. The molecule has 5 atom stereocenters. The predicted octanol–water partition coefficient (Wildman–Crippen LogP) is -0.984. The van der Waals surface area contributed by atoms with Crippen molar-refractivity contribution < 1.29 is 24.8 Å². The second-order valence-corrected chi connectivity index (χ2v) is 3.30. The fourth-order valence-corrected chi connectivity index (χ4v) is 1.31. The van der Waals surface area contributed by atoms with Gasteiger partial charge >= 0.3 is 0 Å². The summed E-state index contributed by atoms with van der Waals surface area (Å²) in [7, 11) is 0. The zero-order valence-electron chi connectivity index (χ0n) is 8.04. The molecule has 1 rings (SSSR count). The zero-order valence-corrected chi connectivity index (χ0v) is 8.04. The Labute approximate surface area is 82.6 Å². The zero-order chi connectivity index (χ0) is 10.7. The average Bonchev–Trinajstić information content (AvgIpc) is 2.18. The lowest BCUT2D eigenvalue weighted by Crippen LogP contribution is -2.57. The summed E-state index contributed by atoms with van der Waals surface area (Å²) in [6.45, 7) is 5.27. The van der Waals surface area contributed by atoms with E-state index in [1.54, 1.807) is 6.92 Å². The second-order valence-electron chi connectivity index (χ2n) is 3.30. The molecule has 0 aromatic heterocycles. The monoisotopic (exact) mass is 204 g/mol. The van der Waals surface area contributed by atoms with Gasteiger partial charge in [0.2, 0.25) is 0 Å². The molecule has 0 aliphatic carbocycles. The third-order valence-corrected chi connectivity index (χ3v) is 2.19. The van der Waals surface area contributed by atoms with Gasteiger partial charge in [0.05, 0.1) is 12.7 Å². The highest BCUT2D eigenvalue weighted by molar-refractivity contribution is 4.87. The van der Waals surface area contributed by atoms with Gasteiger partial charge in [-0.05, 0) is 6.92 Å². The number of rotatable bonds is 3. The van der Waals surface area contributed by atoms with E-state index in [-0.39, 0.29) is 6.61 Å². The van der Waals surface area contributed by atoms with Gasteiger partial charge in [-0.15, -0.1) is 6.58 Å². The van der Waals surface area contributed by atoms with Crippen molar-refractivity contribution in [1.82, 2.24) is 0 Å². The van der Waals surface area contributed by atoms with Crippen molar-refractivity contribution in [2.45, 2.75) is 37.6 Å². The van der Waals surface area contributed by atoms with E-state index in [4.69, 9.17) is 9.47 Å². The van der Waals surface area contributed by atoms with Gasteiger partial charge in [0.1, 0.15) is 18.3 Å². The standard InChI is InChI=1S/C9H16O5/c1-3-4-13-9-8(12)7(11)6(10)5(2)14-9/h3,5-12H,1,4H2,2H3/t5-,6-,7+,8+,9-/m0/s1. The third kappa shape index (κ3) is 2.31. The first-order chi connectivity index (χ1) is 6.57. The van der Waals surface area contributed by atoms with Gasteiger partial charge < -0.3 is 24.8 Å². The maximum Gasteiger partial charge on any atom is 0.186 e. The minimum atomic E-state index is -1.24. The summed E-state index contributed by atoms with van der Waals surface area (Å²) in [6, 6.07) is 0. The number of aliphatic hydroxyl groups excluding tert-OH is 3. The molecule has 0 unspecified atom stereocenters. The van der Waals surface area contributed by atoms with Crippen LogP contribution in [0, 0.1) is 0 Å². The summed E-state index contributed by atoms with van der Waals surface area (Å²) in [5, 5.41) is 28.2. The lowest BCUT2D eigenvalue weighted by molar-refractivity contribution is -0.290. The van der Waals surface area contributed by atoms with Crippen LogP contribution < -0.4 is 0 Å². The molecule has 1 heterocycles. The molecular formula is C9H16O5. The van der Waals surface area contributed by atoms with Crippen LogP contribution in [0.1, 0.15) is 6.92 Å². The lowest BCUT2D eigenvalue weighted by atomic mass is 10.0. The van der Waals surface area contributed by atoms with Crippen LogP contribution in [-0.4, -0.2) is 52.6 Å². The summed E-state index contributed by atoms with van der Waals surface area (Å²) < 4.78 is 10.2. The first kappa shape index (κ1) is 11.6. The van der Waals surface area contributed by atoms with Crippen LogP contribution >= 0.6 is 0 Å². The van der Waals surface area contributed by atoms with Gasteiger partial charge in [-0.3, -0.25) is 0 Å². The van der Waals surface area contributed by atoms with Gasteiger partial charge in [-0.2, -0.15) is 0 Å². The molecule has 0 bridgehead atoms. The van der Waals surface area contributed by atoms with E-state index in [2.05, 4.69) is 6.58 Å². The van der Waals surface area contributed by atoms with Crippen molar-refractivity contribution in [3.05, 3.63) is 12.7 Å². The van der Waals surface area contributed by atoms with Gasteiger partial charge in [0.25, 0.3) is 0 Å². The van der Waals surface area contributed by atoms with Crippen LogP contribution in [0.3, 0.4) is 0 Å². The Bertz CT molecular complexity index is 196. The van der Waals surface area contributed by atoms with E-state index in [1.165, 1.54) is 6.08 Å². The molecule has 14 heavy (non-hydrogen) atoms. The Kier molecular flexibility index (Phi) is 4.03. The Balaban J connectivity index is 2.55. The van der Waals surface area contributed by atoms with Gasteiger partial charge in [-0.1, -0.05) is 6.08 Å². The Morgan fingerprint density at radius 2 is 1.93 bits per heavy atom. The molecule has 1 aliphatic heterocycles. The normalized spacial score (nSPS) is 43.6. The Morgan fingerprint density at radius 1 is 1.29 bits per heavy atom. The highest BCUT2D eigenvalue weighted by Crippen LogP contribution is 2.21. The first-order valence-electron chi connectivity index (χ1n) is 4.50. The molecular weight excluding hydrogens is 188 g/mol. The van der Waals surface area contributed by atoms with Crippen molar-refractivity contribution >= 4 is 0 Å². The van der Waals surface area contributed by atoms with E-state index in [1.807, 2.05) is 0 Å². The summed E-state index contributed by atoms with van der Waals surface area (Å²) in [4.78, 5) is 0. The minimum absolute atomic E-state index is 0.220. The molecule has 1 aliphatic rings. The molecule has 5 heteroatoms. The fourth-order valence-electron chi connectivity index (χ4n) is 1.31. The number of hydrogen-bond acceptors (Lipinski definition) is 5. The van der Waals surface area contributed by atoms with Crippen LogP contribution in [0.2, 0.25) is 0 Å². The van der Waals surface area contributed by atoms with Crippen LogP contribution in [-0.2, 0) is 9.47 Å². The quantitative estimate of drug-likeness (QED) is 0.515. The maximum absolute atomic E-state index is 9.46. The molecule has 0 amide bonds. The van der Waals surface area contributed by atoms with Gasteiger partial charge in [0, 0.05) is 0 Å². The number of aliphatic hydroxyl groups is 3.